The molecule has 0 atom stereocenters. The van der Waals surface area contributed by atoms with Crippen molar-refractivity contribution in [1.82, 2.24) is 9.88 Å². The molecular formula is C23H31F3N4O2Si. The molecule has 0 aliphatic carbocycles. The van der Waals surface area contributed by atoms with Crippen LogP contribution in [0.5, 0.6) is 5.75 Å². The summed E-state index contributed by atoms with van der Waals surface area (Å²) in [7, 11) is -1.93. The molecule has 2 amide bonds. The van der Waals surface area contributed by atoms with E-state index in [1.807, 2.05) is 29.2 Å². The number of amides is 2. The highest BCUT2D eigenvalue weighted by atomic mass is 28.4. The number of nitrogens with zero attached hydrogens (tertiary/aromatic N) is 3. The van der Waals surface area contributed by atoms with E-state index in [1.165, 1.54) is 6.07 Å². The van der Waals surface area contributed by atoms with Gasteiger partial charge in [0.1, 0.15) is 11.6 Å². The number of rotatable bonds is 4. The van der Waals surface area contributed by atoms with Crippen LogP contribution >= 0.6 is 0 Å². The summed E-state index contributed by atoms with van der Waals surface area (Å²) in [6.07, 6.45) is -3.57. The predicted molar refractivity (Wildman–Crippen MR) is 126 cm³/mol. The maximum Gasteiger partial charge on any atom is 0.417 e. The van der Waals surface area contributed by atoms with E-state index in [-0.39, 0.29) is 11.1 Å². The van der Waals surface area contributed by atoms with Crippen LogP contribution in [0.2, 0.25) is 18.1 Å². The number of benzene rings is 1. The van der Waals surface area contributed by atoms with Crippen molar-refractivity contribution < 1.29 is 22.4 Å². The maximum absolute atomic E-state index is 12.7. The van der Waals surface area contributed by atoms with Crippen LogP contribution in [-0.2, 0) is 6.18 Å². The third-order valence-electron chi connectivity index (χ3n) is 6.25. The van der Waals surface area contributed by atoms with Gasteiger partial charge < -0.3 is 19.5 Å². The van der Waals surface area contributed by atoms with Crippen LogP contribution in [0.15, 0.2) is 42.6 Å². The number of pyridine rings is 1. The van der Waals surface area contributed by atoms with E-state index < -0.39 is 20.1 Å². The Morgan fingerprint density at radius 1 is 1.00 bits per heavy atom. The summed E-state index contributed by atoms with van der Waals surface area (Å²) in [5.74, 6) is 1.26. The van der Waals surface area contributed by atoms with Gasteiger partial charge in [-0.1, -0.05) is 20.8 Å². The second kappa shape index (κ2) is 9.24. The zero-order valence-electron chi connectivity index (χ0n) is 19.7. The van der Waals surface area contributed by atoms with E-state index in [1.54, 1.807) is 4.90 Å². The van der Waals surface area contributed by atoms with Gasteiger partial charge in [0.05, 0.1) is 5.56 Å². The van der Waals surface area contributed by atoms with Gasteiger partial charge in [-0.15, -0.1) is 0 Å². The highest BCUT2D eigenvalue weighted by Crippen LogP contribution is 2.37. The van der Waals surface area contributed by atoms with Gasteiger partial charge in [0.2, 0.25) is 8.32 Å². The normalized spacial score (nSPS) is 15.4. The van der Waals surface area contributed by atoms with Crippen molar-refractivity contribution in [3.05, 3.63) is 48.2 Å². The Labute approximate surface area is 193 Å². The molecule has 1 aliphatic rings. The highest BCUT2D eigenvalue weighted by Gasteiger charge is 2.39. The first-order valence-corrected chi connectivity index (χ1v) is 13.8. The molecular weight excluding hydrogens is 449 g/mol. The Bertz CT molecular complexity index is 950. The second-order valence-corrected chi connectivity index (χ2v) is 14.4. The van der Waals surface area contributed by atoms with Crippen molar-refractivity contribution in [2.24, 2.45) is 0 Å². The fourth-order valence-electron chi connectivity index (χ4n) is 3.14. The topological polar surface area (TPSA) is 57.7 Å². The number of piperazine rings is 1. The quantitative estimate of drug-likeness (QED) is 0.559. The molecule has 1 aromatic carbocycles. The lowest BCUT2D eigenvalue weighted by Gasteiger charge is -2.36. The van der Waals surface area contributed by atoms with Crippen LogP contribution in [0.4, 0.5) is 29.5 Å². The SMILES string of the molecule is CC(C)(C)[Si](C)(C)Oc1ccc(NC(=O)N2CCN(c3ccc(C(F)(F)F)cn3)CC2)cc1. The second-order valence-electron chi connectivity index (χ2n) is 9.69. The molecule has 2 aromatic rings. The maximum atomic E-state index is 12.7. The van der Waals surface area contributed by atoms with E-state index in [0.717, 1.165) is 18.0 Å². The minimum Gasteiger partial charge on any atom is -0.544 e. The Morgan fingerprint density at radius 3 is 2.09 bits per heavy atom. The van der Waals surface area contributed by atoms with E-state index in [4.69, 9.17) is 4.43 Å². The van der Waals surface area contributed by atoms with Gasteiger partial charge in [0, 0.05) is 38.1 Å². The summed E-state index contributed by atoms with van der Waals surface area (Å²) < 4.78 is 44.4. The van der Waals surface area contributed by atoms with E-state index in [0.29, 0.717) is 37.7 Å². The molecule has 1 aliphatic heterocycles. The first-order valence-electron chi connectivity index (χ1n) is 10.9. The van der Waals surface area contributed by atoms with Crippen LogP contribution in [-0.4, -0.2) is 50.4 Å². The number of alkyl halides is 3. The standard InChI is InChI=1S/C23H31F3N4O2Si/c1-22(2,3)33(4,5)32-19-9-7-18(8-10-19)28-21(31)30-14-12-29(13-15-30)20-11-6-17(16-27-20)23(24,25)26/h6-11,16H,12-15H2,1-5H3,(H,28,31). The molecule has 0 unspecified atom stereocenters. The van der Waals surface area contributed by atoms with Gasteiger partial charge in [-0.3, -0.25) is 0 Å². The number of halogens is 3. The van der Waals surface area contributed by atoms with Crippen LogP contribution in [0.1, 0.15) is 26.3 Å². The molecule has 10 heteroatoms. The molecule has 33 heavy (non-hydrogen) atoms. The number of hydrogen-bond donors (Lipinski definition) is 1. The average Bonchev–Trinajstić information content (AvgIpc) is 2.74. The van der Waals surface area contributed by atoms with Crippen LogP contribution in [0, 0.1) is 0 Å². The average molecular weight is 481 g/mol. The zero-order chi connectivity index (χ0) is 24.4. The largest absolute Gasteiger partial charge is 0.544 e. The van der Waals surface area contributed by atoms with Gasteiger partial charge in [-0.05, 0) is 54.5 Å². The minimum atomic E-state index is -4.41. The van der Waals surface area contributed by atoms with Crippen LogP contribution in [0.3, 0.4) is 0 Å². The van der Waals surface area contributed by atoms with Crippen molar-refractivity contribution >= 4 is 25.9 Å². The van der Waals surface area contributed by atoms with E-state index in [2.05, 4.69) is 44.2 Å². The Kier molecular flexibility index (Phi) is 6.97. The number of carbonyl (C=O) groups is 1. The molecule has 0 radical (unpaired) electrons. The number of urea groups is 1. The van der Waals surface area contributed by atoms with Crippen molar-refractivity contribution in [2.75, 3.05) is 36.4 Å². The number of anilines is 2. The van der Waals surface area contributed by atoms with Gasteiger partial charge in [-0.25, -0.2) is 9.78 Å². The van der Waals surface area contributed by atoms with Gasteiger partial charge >= 0.3 is 12.2 Å². The summed E-state index contributed by atoms with van der Waals surface area (Å²) in [4.78, 5) is 20.1. The Balaban J connectivity index is 1.52. The first-order chi connectivity index (χ1) is 15.3. The lowest BCUT2D eigenvalue weighted by atomic mass is 10.2. The Hall–Kier alpha value is -2.75. The molecule has 0 bridgehead atoms. The van der Waals surface area contributed by atoms with Gasteiger partial charge in [-0.2, -0.15) is 13.2 Å². The summed E-state index contributed by atoms with van der Waals surface area (Å²) in [6.45, 7) is 12.8. The summed E-state index contributed by atoms with van der Waals surface area (Å²) in [6, 6.07) is 9.56. The van der Waals surface area contributed by atoms with Crippen molar-refractivity contribution in [3.63, 3.8) is 0 Å². The molecule has 3 rings (SSSR count). The number of aromatic nitrogens is 1. The fraction of sp³-hybridized carbons (Fsp3) is 0.478. The highest BCUT2D eigenvalue weighted by molar-refractivity contribution is 6.74. The zero-order valence-corrected chi connectivity index (χ0v) is 20.7. The molecule has 180 valence electrons. The van der Waals surface area contributed by atoms with Crippen molar-refractivity contribution in [3.8, 4) is 5.75 Å². The summed E-state index contributed by atoms with van der Waals surface area (Å²) >= 11 is 0. The lowest BCUT2D eigenvalue weighted by molar-refractivity contribution is -0.137. The van der Waals surface area contributed by atoms with E-state index in [9.17, 15) is 18.0 Å². The molecule has 0 saturated carbocycles. The summed E-state index contributed by atoms with van der Waals surface area (Å²) in [5, 5.41) is 2.99. The van der Waals surface area contributed by atoms with Crippen LogP contribution in [0.25, 0.3) is 0 Å². The first kappa shape index (κ1) is 24.9. The molecule has 1 fully saturated rings. The third kappa shape index (κ3) is 6.19. The summed E-state index contributed by atoms with van der Waals surface area (Å²) in [5.41, 5.74) is -0.0978. The monoisotopic (exact) mass is 480 g/mol. The van der Waals surface area contributed by atoms with E-state index >= 15 is 0 Å². The van der Waals surface area contributed by atoms with Crippen LogP contribution < -0.4 is 14.6 Å². The third-order valence-corrected chi connectivity index (χ3v) is 10.6. The Morgan fingerprint density at radius 2 is 1.61 bits per heavy atom. The minimum absolute atomic E-state index is 0.0952. The molecule has 0 spiro atoms. The number of hydrogen-bond acceptors (Lipinski definition) is 4. The number of nitrogens with one attached hydrogen (secondary N) is 1. The molecule has 1 N–H and O–H groups in total. The molecule has 2 heterocycles. The molecule has 1 saturated heterocycles. The van der Waals surface area contributed by atoms with Crippen molar-refractivity contribution in [1.29, 1.82) is 0 Å². The number of carbonyl (C=O) groups excluding carboxylic acids is 1. The fourth-order valence-corrected chi connectivity index (χ4v) is 4.17. The predicted octanol–water partition coefficient (Wildman–Crippen LogP) is 5.84. The molecule has 1 aromatic heterocycles. The van der Waals surface area contributed by atoms with Gasteiger partial charge in [0.25, 0.3) is 0 Å². The van der Waals surface area contributed by atoms with Gasteiger partial charge in [0.15, 0.2) is 0 Å². The lowest BCUT2D eigenvalue weighted by Crippen LogP contribution is -2.50. The molecule has 6 nitrogen and oxygen atoms in total. The van der Waals surface area contributed by atoms with Crippen molar-refractivity contribution in [2.45, 2.75) is 45.1 Å². The smallest absolute Gasteiger partial charge is 0.417 e.